The summed E-state index contributed by atoms with van der Waals surface area (Å²) in [5.41, 5.74) is 1.09. The number of hydrogen-bond acceptors (Lipinski definition) is 4. The molecule has 0 N–H and O–H groups in total. The molecule has 0 spiro atoms. The number of rotatable bonds is 5. The summed E-state index contributed by atoms with van der Waals surface area (Å²) in [6.07, 6.45) is 0.788. The van der Waals surface area contributed by atoms with Gasteiger partial charge in [-0.2, -0.15) is 0 Å². The summed E-state index contributed by atoms with van der Waals surface area (Å²) in [6.45, 7) is 0.631. The molecule has 0 radical (unpaired) electrons. The lowest BCUT2D eigenvalue weighted by Gasteiger charge is -2.08. The number of aliphatic imine (C=N–C) groups is 1. The lowest BCUT2D eigenvalue weighted by molar-refractivity contribution is 0.391. The zero-order valence-electron chi connectivity index (χ0n) is 8.82. The van der Waals surface area contributed by atoms with Gasteiger partial charge >= 0.3 is 0 Å². The van der Waals surface area contributed by atoms with E-state index in [-0.39, 0.29) is 0 Å². The van der Waals surface area contributed by atoms with Crippen molar-refractivity contribution in [3.05, 3.63) is 23.8 Å². The molecular formula is C11H13NO2S. The summed E-state index contributed by atoms with van der Waals surface area (Å²) < 4.78 is 10.4. The molecule has 15 heavy (non-hydrogen) atoms. The topological polar surface area (TPSA) is 30.8 Å². The van der Waals surface area contributed by atoms with Gasteiger partial charge in [-0.05, 0) is 30.3 Å². The van der Waals surface area contributed by atoms with Crippen molar-refractivity contribution in [1.82, 2.24) is 0 Å². The molecule has 80 valence electrons. The first kappa shape index (κ1) is 11.7. The third-order valence-corrected chi connectivity index (χ3v) is 2.18. The molecule has 0 aliphatic carbocycles. The lowest BCUT2D eigenvalue weighted by atomic mass is 10.1. The van der Waals surface area contributed by atoms with Crippen molar-refractivity contribution >= 4 is 17.4 Å². The quantitative estimate of drug-likeness (QED) is 0.567. The van der Waals surface area contributed by atoms with Crippen LogP contribution in [-0.4, -0.2) is 25.9 Å². The molecule has 0 heterocycles. The van der Waals surface area contributed by atoms with E-state index in [0.717, 1.165) is 23.5 Å². The second kappa shape index (κ2) is 6.17. The van der Waals surface area contributed by atoms with Gasteiger partial charge < -0.3 is 9.47 Å². The van der Waals surface area contributed by atoms with E-state index in [2.05, 4.69) is 22.4 Å². The Morgan fingerprint density at radius 1 is 1.33 bits per heavy atom. The maximum absolute atomic E-state index is 5.25. The van der Waals surface area contributed by atoms with Crippen LogP contribution in [0.3, 0.4) is 0 Å². The van der Waals surface area contributed by atoms with Gasteiger partial charge in [0.05, 0.1) is 25.9 Å². The van der Waals surface area contributed by atoms with Crippen LogP contribution < -0.4 is 9.47 Å². The summed E-state index contributed by atoms with van der Waals surface area (Å²) in [4.78, 5) is 3.86. The second-order valence-corrected chi connectivity index (χ2v) is 3.08. The molecule has 0 bridgehead atoms. The van der Waals surface area contributed by atoms with Gasteiger partial charge in [0.15, 0.2) is 0 Å². The van der Waals surface area contributed by atoms with Crippen LogP contribution in [0.4, 0.5) is 0 Å². The Labute approximate surface area is 94.7 Å². The highest BCUT2D eigenvalue weighted by Crippen LogP contribution is 2.24. The van der Waals surface area contributed by atoms with Gasteiger partial charge in [-0.15, -0.1) is 0 Å². The molecule has 0 aliphatic heterocycles. The standard InChI is InChI=1S/C11H13NO2S/c1-13-10-4-3-9(5-6-12-8-15)11(7-10)14-2/h3-4,7H,5-6H2,1-2H3. The SMILES string of the molecule is COc1ccc(CCN=C=S)c(OC)c1. The van der Waals surface area contributed by atoms with Crippen molar-refractivity contribution in [3.8, 4) is 11.5 Å². The van der Waals surface area contributed by atoms with Crippen LogP contribution >= 0.6 is 12.2 Å². The summed E-state index contributed by atoms with van der Waals surface area (Å²) in [5.74, 6) is 1.60. The van der Waals surface area contributed by atoms with Crippen molar-refractivity contribution in [1.29, 1.82) is 0 Å². The number of hydrogen-bond donors (Lipinski definition) is 0. The number of thiocarbonyl (C=S) groups is 1. The highest BCUT2D eigenvalue weighted by molar-refractivity contribution is 7.78. The maximum atomic E-state index is 5.25. The Morgan fingerprint density at radius 3 is 2.73 bits per heavy atom. The fraction of sp³-hybridized carbons (Fsp3) is 0.364. The van der Waals surface area contributed by atoms with Crippen LogP contribution in [0.25, 0.3) is 0 Å². The fourth-order valence-electron chi connectivity index (χ4n) is 1.28. The highest BCUT2D eigenvalue weighted by Gasteiger charge is 2.03. The Hall–Kier alpha value is -1.38. The summed E-state index contributed by atoms with van der Waals surface area (Å²) in [7, 11) is 3.27. The predicted molar refractivity (Wildman–Crippen MR) is 63.1 cm³/mol. The molecular weight excluding hydrogens is 210 g/mol. The van der Waals surface area contributed by atoms with Crippen molar-refractivity contribution < 1.29 is 9.47 Å². The molecule has 0 amide bonds. The van der Waals surface area contributed by atoms with Crippen LogP contribution in [0, 0.1) is 0 Å². The van der Waals surface area contributed by atoms with Crippen molar-refractivity contribution in [3.63, 3.8) is 0 Å². The Balaban J connectivity index is 2.82. The monoisotopic (exact) mass is 223 g/mol. The van der Waals surface area contributed by atoms with Gasteiger partial charge in [0.25, 0.3) is 0 Å². The first-order valence-electron chi connectivity index (χ1n) is 4.56. The van der Waals surface area contributed by atoms with E-state index in [9.17, 15) is 0 Å². The number of methoxy groups -OCH3 is 2. The second-order valence-electron chi connectivity index (χ2n) is 2.90. The first-order chi connectivity index (χ1) is 7.31. The third-order valence-electron chi connectivity index (χ3n) is 2.05. The van der Waals surface area contributed by atoms with Crippen molar-refractivity contribution in [2.24, 2.45) is 4.99 Å². The van der Waals surface area contributed by atoms with Crippen LogP contribution in [0.15, 0.2) is 23.2 Å². The van der Waals surface area contributed by atoms with Crippen molar-refractivity contribution in [2.45, 2.75) is 6.42 Å². The van der Waals surface area contributed by atoms with E-state index in [1.807, 2.05) is 18.2 Å². The molecule has 1 rings (SSSR count). The van der Waals surface area contributed by atoms with E-state index in [4.69, 9.17) is 9.47 Å². The number of nitrogens with zero attached hydrogens (tertiary/aromatic N) is 1. The van der Waals surface area contributed by atoms with Crippen LogP contribution in [0.1, 0.15) is 5.56 Å². The number of isothiocyanates is 1. The van der Waals surface area contributed by atoms with Gasteiger partial charge in [0, 0.05) is 6.07 Å². The molecule has 0 fully saturated rings. The molecule has 4 heteroatoms. The van der Waals surface area contributed by atoms with Gasteiger partial charge in [-0.3, -0.25) is 0 Å². The smallest absolute Gasteiger partial charge is 0.125 e. The summed E-state index contributed by atoms with van der Waals surface area (Å²) in [6, 6.07) is 5.73. The van der Waals surface area contributed by atoms with Crippen LogP contribution in [0.2, 0.25) is 0 Å². The van der Waals surface area contributed by atoms with E-state index in [0.29, 0.717) is 6.54 Å². The third kappa shape index (κ3) is 3.35. The zero-order valence-corrected chi connectivity index (χ0v) is 9.63. The minimum atomic E-state index is 0.631. The van der Waals surface area contributed by atoms with Crippen LogP contribution in [-0.2, 0) is 6.42 Å². The number of ether oxygens (including phenoxy) is 2. The van der Waals surface area contributed by atoms with Gasteiger partial charge in [0.2, 0.25) is 0 Å². The van der Waals surface area contributed by atoms with E-state index < -0.39 is 0 Å². The van der Waals surface area contributed by atoms with Gasteiger partial charge in [-0.25, -0.2) is 4.99 Å². The molecule has 0 atom stereocenters. The molecule has 1 aromatic rings. The zero-order chi connectivity index (χ0) is 11.1. The fourth-order valence-corrected chi connectivity index (χ4v) is 1.37. The maximum Gasteiger partial charge on any atom is 0.125 e. The molecule has 1 aromatic carbocycles. The Kier molecular flexibility index (Phi) is 4.81. The Bertz CT molecular complexity index is 373. The summed E-state index contributed by atoms with van der Waals surface area (Å²) in [5, 5.41) is 2.34. The average Bonchev–Trinajstić information content (AvgIpc) is 2.29. The van der Waals surface area contributed by atoms with Crippen LogP contribution in [0.5, 0.6) is 11.5 Å². The Morgan fingerprint density at radius 2 is 2.13 bits per heavy atom. The normalized spacial score (nSPS) is 9.20. The van der Waals surface area contributed by atoms with E-state index in [1.165, 1.54) is 0 Å². The predicted octanol–water partition coefficient (Wildman–Crippen LogP) is 2.35. The van der Waals surface area contributed by atoms with Gasteiger partial charge in [0.1, 0.15) is 11.5 Å². The molecule has 0 saturated carbocycles. The highest BCUT2D eigenvalue weighted by atomic mass is 32.1. The molecule has 3 nitrogen and oxygen atoms in total. The largest absolute Gasteiger partial charge is 0.497 e. The minimum Gasteiger partial charge on any atom is -0.497 e. The lowest BCUT2D eigenvalue weighted by Crippen LogP contribution is -1.95. The first-order valence-corrected chi connectivity index (χ1v) is 4.97. The molecule has 0 saturated heterocycles. The van der Waals surface area contributed by atoms with Crippen molar-refractivity contribution in [2.75, 3.05) is 20.8 Å². The summed E-state index contributed by atoms with van der Waals surface area (Å²) >= 11 is 4.50. The van der Waals surface area contributed by atoms with E-state index in [1.54, 1.807) is 14.2 Å². The van der Waals surface area contributed by atoms with Gasteiger partial charge in [-0.1, -0.05) is 6.07 Å². The average molecular weight is 223 g/mol. The molecule has 0 unspecified atom stereocenters. The number of benzene rings is 1. The molecule has 0 aliphatic rings. The van der Waals surface area contributed by atoms with E-state index >= 15 is 0 Å². The minimum absolute atomic E-state index is 0.631. The molecule has 0 aromatic heterocycles.